The molecule has 1 aliphatic heterocycles. The summed E-state index contributed by atoms with van der Waals surface area (Å²) in [5.74, 6) is 0.912. The molecule has 2 aromatic rings. The molecule has 1 atom stereocenters. The third-order valence-corrected chi connectivity index (χ3v) is 4.14. The third kappa shape index (κ3) is 4.59. The molecule has 1 saturated heterocycles. The fourth-order valence-electron chi connectivity index (χ4n) is 2.88. The van der Waals surface area contributed by atoms with E-state index < -0.39 is 0 Å². The first-order valence-electron chi connectivity index (χ1n) is 8.35. The molecule has 2 heterocycles. The Morgan fingerprint density at radius 2 is 2.08 bits per heavy atom. The number of nitrogens with zero attached hydrogens (tertiary/aromatic N) is 3. The molecule has 1 aromatic heterocycles. The quantitative estimate of drug-likeness (QED) is 0.904. The Hall–Kier alpha value is -2.83. The van der Waals surface area contributed by atoms with Crippen LogP contribution in [-0.4, -0.2) is 47.7 Å². The number of aromatic nitrogens is 2. The van der Waals surface area contributed by atoms with E-state index in [4.69, 9.17) is 9.47 Å². The molecule has 132 valence electrons. The zero-order valence-corrected chi connectivity index (χ0v) is 14.2. The molecular formula is C18H22N4O3. The molecular weight excluding hydrogens is 320 g/mol. The molecule has 7 heteroatoms. The van der Waals surface area contributed by atoms with Gasteiger partial charge in [-0.3, -0.25) is 0 Å². The van der Waals surface area contributed by atoms with Gasteiger partial charge in [0.2, 0.25) is 0 Å². The molecule has 1 aliphatic rings. The van der Waals surface area contributed by atoms with Crippen molar-refractivity contribution in [3.8, 4) is 11.8 Å². The van der Waals surface area contributed by atoms with Crippen LogP contribution in [0.15, 0.2) is 42.7 Å². The fraction of sp³-hybridized carbons (Fsp3) is 0.389. The van der Waals surface area contributed by atoms with Crippen LogP contribution >= 0.6 is 0 Å². The summed E-state index contributed by atoms with van der Waals surface area (Å²) in [6.07, 6.45) is 5.26. The van der Waals surface area contributed by atoms with Crippen molar-refractivity contribution >= 4 is 11.7 Å². The predicted molar refractivity (Wildman–Crippen MR) is 93.8 cm³/mol. The smallest absolute Gasteiger partial charge is 0.321 e. The second-order valence-corrected chi connectivity index (χ2v) is 5.93. The van der Waals surface area contributed by atoms with E-state index >= 15 is 0 Å². The lowest BCUT2D eigenvalue weighted by Crippen LogP contribution is -2.43. The number of piperidine rings is 1. The molecule has 0 bridgehead atoms. The molecule has 3 rings (SSSR count). The lowest BCUT2D eigenvalue weighted by atomic mass is 9.99. The van der Waals surface area contributed by atoms with E-state index in [0.717, 1.165) is 19.4 Å². The van der Waals surface area contributed by atoms with Crippen LogP contribution in [0.1, 0.15) is 12.8 Å². The Labute approximate surface area is 147 Å². The number of benzene rings is 1. The molecule has 0 radical (unpaired) electrons. The maximum atomic E-state index is 12.5. The van der Waals surface area contributed by atoms with Gasteiger partial charge in [0.25, 0.3) is 0 Å². The molecule has 7 nitrogen and oxygen atoms in total. The van der Waals surface area contributed by atoms with E-state index in [1.54, 1.807) is 25.6 Å². The van der Waals surface area contributed by atoms with Crippen molar-refractivity contribution in [2.24, 2.45) is 5.92 Å². The lowest BCUT2D eigenvalue weighted by molar-refractivity contribution is 0.140. The Morgan fingerprint density at radius 1 is 1.28 bits per heavy atom. The number of para-hydroxylation sites is 2. The van der Waals surface area contributed by atoms with Crippen LogP contribution in [0.5, 0.6) is 11.8 Å². The number of nitrogens with one attached hydrogen (secondary N) is 1. The number of urea groups is 1. The highest BCUT2D eigenvalue weighted by Crippen LogP contribution is 2.24. The van der Waals surface area contributed by atoms with Crippen molar-refractivity contribution < 1.29 is 14.3 Å². The number of likely N-dealkylation sites (tertiary alicyclic amines) is 1. The number of ether oxygens (including phenoxy) is 2. The average molecular weight is 342 g/mol. The number of carbonyl (C=O) groups excluding carboxylic acids is 1. The first-order valence-corrected chi connectivity index (χ1v) is 8.35. The Balaban J connectivity index is 1.54. The fourth-order valence-corrected chi connectivity index (χ4v) is 2.88. The Bertz CT molecular complexity index is 696. The minimum absolute atomic E-state index is 0.120. The molecule has 0 aliphatic carbocycles. The molecule has 0 saturated carbocycles. The van der Waals surface area contributed by atoms with E-state index in [-0.39, 0.29) is 11.9 Å². The van der Waals surface area contributed by atoms with Gasteiger partial charge in [0.05, 0.1) is 19.4 Å². The third-order valence-electron chi connectivity index (χ3n) is 4.14. The van der Waals surface area contributed by atoms with Crippen molar-refractivity contribution in [3.05, 3.63) is 42.7 Å². The van der Waals surface area contributed by atoms with E-state index in [1.807, 2.05) is 29.2 Å². The largest absolute Gasteiger partial charge is 0.495 e. The topological polar surface area (TPSA) is 76.6 Å². The van der Waals surface area contributed by atoms with Crippen molar-refractivity contribution in [1.29, 1.82) is 0 Å². The maximum Gasteiger partial charge on any atom is 0.321 e. The summed E-state index contributed by atoms with van der Waals surface area (Å²) in [6, 6.07) is 9.38. The van der Waals surface area contributed by atoms with Crippen molar-refractivity contribution in [3.63, 3.8) is 0 Å². The second-order valence-electron chi connectivity index (χ2n) is 5.93. The molecule has 25 heavy (non-hydrogen) atoms. The zero-order valence-electron chi connectivity index (χ0n) is 14.2. The first kappa shape index (κ1) is 17.0. The summed E-state index contributed by atoms with van der Waals surface area (Å²) in [7, 11) is 1.59. The van der Waals surface area contributed by atoms with Crippen LogP contribution in [0.25, 0.3) is 0 Å². The van der Waals surface area contributed by atoms with Gasteiger partial charge in [0.1, 0.15) is 5.75 Å². The summed E-state index contributed by atoms with van der Waals surface area (Å²) < 4.78 is 10.9. The average Bonchev–Trinajstić information content (AvgIpc) is 2.68. The van der Waals surface area contributed by atoms with Gasteiger partial charge in [0.15, 0.2) is 0 Å². The summed E-state index contributed by atoms with van der Waals surface area (Å²) in [5.41, 5.74) is 0.672. The van der Waals surface area contributed by atoms with Crippen LogP contribution in [0.3, 0.4) is 0 Å². The van der Waals surface area contributed by atoms with Crippen LogP contribution in [-0.2, 0) is 0 Å². The number of anilines is 1. The number of hydrogen-bond acceptors (Lipinski definition) is 5. The molecule has 1 aromatic carbocycles. The van der Waals surface area contributed by atoms with E-state index in [2.05, 4.69) is 15.3 Å². The van der Waals surface area contributed by atoms with Crippen LogP contribution < -0.4 is 14.8 Å². The highest BCUT2D eigenvalue weighted by atomic mass is 16.5. The van der Waals surface area contributed by atoms with Crippen molar-refractivity contribution in [2.45, 2.75) is 12.8 Å². The predicted octanol–water partition coefficient (Wildman–Crippen LogP) is 2.81. The molecule has 1 unspecified atom stereocenters. The van der Waals surface area contributed by atoms with E-state index in [9.17, 15) is 4.79 Å². The lowest BCUT2D eigenvalue weighted by Gasteiger charge is -2.32. The maximum absolute atomic E-state index is 12.5. The Kier molecular flexibility index (Phi) is 5.66. The number of hydrogen-bond donors (Lipinski definition) is 1. The molecule has 1 fully saturated rings. The van der Waals surface area contributed by atoms with Gasteiger partial charge < -0.3 is 19.7 Å². The summed E-state index contributed by atoms with van der Waals surface area (Å²) >= 11 is 0. The zero-order chi connectivity index (χ0) is 17.5. The first-order chi connectivity index (χ1) is 12.3. The van der Waals surface area contributed by atoms with Gasteiger partial charge in [-0.05, 0) is 31.0 Å². The van der Waals surface area contributed by atoms with Crippen LogP contribution in [0.2, 0.25) is 0 Å². The number of carbonyl (C=O) groups is 1. The van der Waals surface area contributed by atoms with Gasteiger partial charge in [-0.25, -0.2) is 14.8 Å². The second kappa shape index (κ2) is 8.32. The van der Waals surface area contributed by atoms with Gasteiger partial charge in [0, 0.05) is 31.4 Å². The highest BCUT2D eigenvalue weighted by Gasteiger charge is 2.25. The minimum Gasteiger partial charge on any atom is -0.495 e. The summed E-state index contributed by atoms with van der Waals surface area (Å²) in [5, 5.41) is 2.92. The van der Waals surface area contributed by atoms with Crippen molar-refractivity contribution in [2.75, 3.05) is 32.1 Å². The number of methoxy groups -OCH3 is 1. The SMILES string of the molecule is COc1ccccc1NC(=O)N1CCCC(COc2ncccn2)C1. The van der Waals surface area contributed by atoms with E-state index in [1.165, 1.54) is 0 Å². The normalized spacial score (nSPS) is 17.0. The van der Waals surface area contributed by atoms with Crippen LogP contribution in [0, 0.1) is 5.92 Å². The van der Waals surface area contributed by atoms with Gasteiger partial charge in [-0.2, -0.15) is 0 Å². The van der Waals surface area contributed by atoms with E-state index in [0.29, 0.717) is 30.6 Å². The standard InChI is InChI=1S/C18H22N4O3/c1-24-16-8-3-2-7-15(16)21-18(23)22-11-4-6-14(12-22)13-25-17-19-9-5-10-20-17/h2-3,5,7-10,14H,4,6,11-13H2,1H3,(H,21,23). The number of amides is 2. The molecule has 1 N–H and O–H groups in total. The monoisotopic (exact) mass is 342 g/mol. The van der Waals surface area contributed by atoms with Crippen LogP contribution in [0.4, 0.5) is 10.5 Å². The van der Waals surface area contributed by atoms with Gasteiger partial charge in [-0.15, -0.1) is 0 Å². The van der Waals surface area contributed by atoms with Gasteiger partial charge in [-0.1, -0.05) is 12.1 Å². The minimum atomic E-state index is -0.120. The molecule has 0 spiro atoms. The molecule has 2 amide bonds. The van der Waals surface area contributed by atoms with Crippen molar-refractivity contribution in [1.82, 2.24) is 14.9 Å². The Morgan fingerprint density at radius 3 is 2.88 bits per heavy atom. The van der Waals surface area contributed by atoms with Gasteiger partial charge >= 0.3 is 12.0 Å². The highest BCUT2D eigenvalue weighted by molar-refractivity contribution is 5.91. The number of rotatable bonds is 5. The summed E-state index contributed by atoms with van der Waals surface area (Å²) in [6.45, 7) is 1.88. The summed E-state index contributed by atoms with van der Waals surface area (Å²) in [4.78, 5) is 22.5.